The predicted molar refractivity (Wildman–Crippen MR) is 105 cm³/mol. The molecule has 3 N–H and O–H groups in total. The number of aromatic nitrogens is 2. The average Bonchev–Trinajstić information content (AvgIpc) is 3.21. The summed E-state index contributed by atoms with van der Waals surface area (Å²) >= 11 is 1.43. The molecule has 2 heterocycles. The van der Waals surface area contributed by atoms with Gasteiger partial charge in [0.1, 0.15) is 6.04 Å². The van der Waals surface area contributed by atoms with Crippen molar-refractivity contribution in [3.8, 4) is 0 Å². The first-order valence-corrected chi connectivity index (χ1v) is 9.43. The van der Waals surface area contributed by atoms with Gasteiger partial charge in [0, 0.05) is 34.6 Å². The van der Waals surface area contributed by atoms with Gasteiger partial charge >= 0.3 is 0 Å². The number of Topliss-reactive ketones (excluding diaryl/α,β-unsaturated/α-hetero) is 1. The topological polar surface area (TPSA) is 90.0 Å². The highest BCUT2D eigenvalue weighted by molar-refractivity contribution is 7.13. The Bertz CT molecular complexity index is 944. The fourth-order valence-electron chi connectivity index (χ4n) is 3.00. The SMILES string of the molecule is CC(=O)c1cn(C(C)C(=O)NCCCc2csc(N)n2)c2ccccc12. The first-order chi connectivity index (χ1) is 12.5. The van der Waals surface area contributed by atoms with Crippen LogP contribution in [0.5, 0.6) is 0 Å². The standard InChI is InChI=1S/C19H22N4O2S/c1-12(18(25)21-9-5-6-14-11-26-19(20)22-14)23-10-16(13(2)24)15-7-3-4-8-17(15)23/h3-4,7-8,10-12H,5-6,9H2,1-2H3,(H2,20,22)(H,21,25). The van der Waals surface area contributed by atoms with E-state index in [0.29, 0.717) is 17.2 Å². The fraction of sp³-hybridized carbons (Fsp3) is 0.316. The van der Waals surface area contributed by atoms with Crippen LogP contribution in [-0.4, -0.2) is 27.8 Å². The Kier molecular flexibility index (Phi) is 5.37. The summed E-state index contributed by atoms with van der Waals surface area (Å²) in [5.41, 5.74) is 8.10. The van der Waals surface area contributed by atoms with Crippen molar-refractivity contribution in [2.45, 2.75) is 32.7 Å². The van der Waals surface area contributed by atoms with Crippen molar-refractivity contribution >= 4 is 39.1 Å². The van der Waals surface area contributed by atoms with Crippen LogP contribution in [0.1, 0.15) is 42.4 Å². The number of aryl methyl sites for hydroxylation is 1. The van der Waals surface area contributed by atoms with Gasteiger partial charge in [-0.05, 0) is 32.8 Å². The van der Waals surface area contributed by atoms with Crippen LogP contribution in [0.3, 0.4) is 0 Å². The number of ketones is 1. The number of carbonyl (C=O) groups excluding carboxylic acids is 2. The number of benzene rings is 1. The van der Waals surface area contributed by atoms with Gasteiger partial charge in [-0.1, -0.05) is 18.2 Å². The molecule has 0 fully saturated rings. The Morgan fingerprint density at radius 2 is 2.12 bits per heavy atom. The van der Waals surface area contributed by atoms with Crippen molar-refractivity contribution in [2.75, 3.05) is 12.3 Å². The Labute approximate surface area is 156 Å². The highest BCUT2D eigenvalue weighted by atomic mass is 32.1. The van der Waals surface area contributed by atoms with Gasteiger partial charge in [-0.15, -0.1) is 11.3 Å². The summed E-state index contributed by atoms with van der Waals surface area (Å²) in [5.74, 6) is -0.0752. The lowest BCUT2D eigenvalue weighted by atomic mass is 10.1. The number of nitrogens with one attached hydrogen (secondary N) is 1. The maximum absolute atomic E-state index is 12.5. The molecule has 0 spiro atoms. The molecule has 1 aromatic carbocycles. The molecule has 0 radical (unpaired) electrons. The predicted octanol–water partition coefficient (Wildman–Crippen LogP) is 3.19. The summed E-state index contributed by atoms with van der Waals surface area (Å²) in [6, 6.07) is 7.25. The van der Waals surface area contributed by atoms with Gasteiger partial charge in [-0.3, -0.25) is 9.59 Å². The van der Waals surface area contributed by atoms with Crippen LogP contribution in [0, 0.1) is 0 Å². The lowest BCUT2D eigenvalue weighted by Gasteiger charge is -2.15. The number of nitrogen functional groups attached to an aromatic ring is 1. The summed E-state index contributed by atoms with van der Waals surface area (Å²) < 4.78 is 1.86. The van der Waals surface area contributed by atoms with Gasteiger partial charge < -0.3 is 15.6 Å². The van der Waals surface area contributed by atoms with Crippen LogP contribution in [0.15, 0.2) is 35.8 Å². The molecule has 2 aromatic heterocycles. The zero-order chi connectivity index (χ0) is 18.7. The average molecular weight is 370 g/mol. The number of hydrogen-bond donors (Lipinski definition) is 2. The first-order valence-electron chi connectivity index (χ1n) is 8.55. The Morgan fingerprint density at radius 1 is 1.35 bits per heavy atom. The Morgan fingerprint density at radius 3 is 2.81 bits per heavy atom. The number of anilines is 1. The van der Waals surface area contributed by atoms with E-state index in [4.69, 9.17) is 5.73 Å². The Balaban J connectivity index is 1.65. The number of thiazole rings is 1. The highest BCUT2D eigenvalue weighted by Gasteiger charge is 2.19. The summed E-state index contributed by atoms with van der Waals surface area (Å²) in [7, 11) is 0. The zero-order valence-corrected chi connectivity index (χ0v) is 15.7. The molecular formula is C19H22N4O2S. The number of nitrogens with zero attached hydrogens (tertiary/aromatic N) is 2. The number of fused-ring (bicyclic) bond motifs is 1. The number of hydrogen-bond acceptors (Lipinski definition) is 5. The molecule has 0 saturated heterocycles. The molecule has 0 aliphatic rings. The number of rotatable bonds is 7. The van der Waals surface area contributed by atoms with E-state index in [1.165, 1.54) is 11.3 Å². The molecule has 26 heavy (non-hydrogen) atoms. The molecule has 0 aliphatic carbocycles. The second-order valence-corrected chi connectivity index (χ2v) is 7.16. The van der Waals surface area contributed by atoms with Gasteiger partial charge in [-0.25, -0.2) is 4.98 Å². The third kappa shape index (κ3) is 3.77. The van der Waals surface area contributed by atoms with Gasteiger partial charge in [0.05, 0.1) is 5.69 Å². The van der Waals surface area contributed by atoms with Gasteiger partial charge in [0.2, 0.25) is 5.91 Å². The van der Waals surface area contributed by atoms with E-state index in [-0.39, 0.29) is 11.7 Å². The normalized spacial score (nSPS) is 12.2. The van der Waals surface area contributed by atoms with Gasteiger partial charge in [0.25, 0.3) is 0 Å². The van der Waals surface area contributed by atoms with E-state index in [2.05, 4.69) is 10.3 Å². The number of nitrogens with two attached hydrogens (primary N) is 1. The number of para-hydroxylation sites is 1. The van der Waals surface area contributed by atoms with Crippen LogP contribution >= 0.6 is 11.3 Å². The Hall–Kier alpha value is -2.67. The van der Waals surface area contributed by atoms with Crippen LogP contribution in [-0.2, 0) is 11.2 Å². The third-order valence-electron chi connectivity index (χ3n) is 4.40. The summed E-state index contributed by atoms with van der Waals surface area (Å²) in [6.45, 7) is 3.95. The molecule has 1 amide bonds. The van der Waals surface area contributed by atoms with Crippen LogP contribution in [0.25, 0.3) is 10.9 Å². The van der Waals surface area contributed by atoms with Crippen molar-refractivity contribution < 1.29 is 9.59 Å². The first kappa shape index (κ1) is 18.1. The van der Waals surface area contributed by atoms with E-state index in [1.54, 1.807) is 13.1 Å². The smallest absolute Gasteiger partial charge is 0.242 e. The zero-order valence-electron chi connectivity index (χ0n) is 14.9. The quantitative estimate of drug-likeness (QED) is 0.494. The van der Waals surface area contributed by atoms with Crippen LogP contribution in [0.4, 0.5) is 5.13 Å². The van der Waals surface area contributed by atoms with Crippen LogP contribution < -0.4 is 11.1 Å². The van der Waals surface area contributed by atoms with E-state index < -0.39 is 6.04 Å². The lowest BCUT2D eigenvalue weighted by molar-refractivity contribution is -0.123. The monoisotopic (exact) mass is 370 g/mol. The van der Waals surface area contributed by atoms with E-state index in [9.17, 15) is 9.59 Å². The van der Waals surface area contributed by atoms with E-state index in [1.807, 2.05) is 41.1 Å². The molecule has 0 bridgehead atoms. The van der Waals surface area contributed by atoms with Crippen molar-refractivity contribution in [2.24, 2.45) is 0 Å². The molecule has 0 aliphatic heterocycles. The molecule has 136 valence electrons. The highest BCUT2D eigenvalue weighted by Crippen LogP contribution is 2.25. The summed E-state index contributed by atoms with van der Waals surface area (Å²) in [5, 5.41) is 6.34. The third-order valence-corrected chi connectivity index (χ3v) is 5.12. The molecule has 6 nitrogen and oxygen atoms in total. The van der Waals surface area contributed by atoms with Crippen molar-refractivity contribution in [1.82, 2.24) is 14.9 Å². The largest absolute Gasteiger partial charge is 0.375 e. The van der Waals surface area contributed by atoms with E-state index in [0.717, 1.165) is 29.4 Å². The molecule has 1 unspecified atom stereocenters. The van der Waals surface area contributed by atoms with Crippen molar-refractivity contribution in [1.29, 1.82) is 0 Å². The molecule has 7 heteroatoms. The molecule has 0 saturated carbocycles. The molecule has 3 aromatic rings. The van der Waals surface area contributed by atoms with Gasteiger partial charge in [0.15, 0.2) is 10.9 Å². The lowest BCUT2D eigenvalue weighted by Crippen LogP contribution is -2.31. The minimum atomic E-state index is -0.400. The van der Waals surface area contributed by atoms with Gasteiger partial charge in [-0.2, -0.15) is 0 Å². The van der Waals surface area contributed by atoms with Crippen molar-refractivity contribution in [3.63, 3.8) is 0 Å². The second-order valence-electron chi connectivity index (χ2n) is 6.27. The maximum atomic E-state index is 12.5. The fourth-order valence-corrected chi connectivity index (χ4v) is 3.60. The molecule has 1 atom stereocenters. The number of carbonyl (C=O) groups is 2. The van der Waals surface area contributed by atoms with Crippen LogP contribution in [0.2, 0.25) is 0 Å². The second kappa shape index (κ2) is 7.70. The van der Waals surface area contributed by atoms with Crippen molar-refractivity contribution in [3.05, 3.63) is 47.1 Å². The number of amides is 1. The minimum absolute atomic E-state index is 0.00454. The molecule has 3 rings (SSSR count). The summed E-state index contributed by atoms with van der Waals surface area (Å²) in [4.78, 5) is 28.6. The summed E-state index contributed by atoms with van der Waals surface area (Å²) in [6.07, 6.45) is 3.35. The van der Waals surface area contributed by atoms with E-state index >= 15 is 0 Å². The maximum Gasteiger partial charge on any atom is 0.242 e. The molecular weight excluding hydrogens is 348 g/mol. The minimum Gasteiger partial charge on any atom is -0.375 e.